The number of rotatable bonds is 3. The third-order valence-corrected chi connectivity index (χ3v) is 5.08. The van der Waals surface area contributed by atoms with Gasteiger partial charge in [-0.3, -0.25) is 9.59 Å². The van der Waals surface area contributed by atoms with E-state index in [-0.39, 0.29) is 17.9 Å². The van der Waals surface area contributed by atoms with Gasteiger partial charge in [0.25, 0.3) is 0 Å². The van der Waals surface area contributed by atoms with Crippen molar-refractivity contribution in [3.05, 3.63) is 30.3 Å². The second kappa shape index (κ2) is 7.13. The van der Waals surface area contributed by atoms with Crippen LogP contribution in [0.2, 0.25) is 0 Å². The number of carbonyl (C=O) groups excluding carboxylic acids is 2. The van der Waals surface area contributed by atoms with E-state index in [1.165, 1.54) is 0 Å². The van der Waals surface area contributed by atoms with Gasteiger partial charge in [0, 0.05) is 25.3 Å². The molecule has 0 bridgehead atoms. The average Bonchev–Trinajstić information content (AvgIpc) is 2.96. The zero-order valence-electron chi connectivity index (χ0n) is 14.2. The Hall–Kier alpha value is -2.57. The standard InChI is InChI=1S/C18H23N3O4/c1-12-11-20(9-7-14(12)17(23)24)18(25)19-15-8-10-21(16(15)22)13-5-3-2-4-6-13/h2-6,12,14-15H,7-11H2,1H3,(H,19,25)(H,23,24). The van der Waals surface area contributed by atoms with Crippen molar-refractivity contribution in [1.29, 1.82) is 0 Å². The van der Waals surface area contributed by atoms with Crippen LogP contribution in [0.25, 0.3) is 0 Å². The first-order valence-electron chi connectivity index (χ1n) is 8.62. The van der Waals surface area contributed by atoms with Gasteiger partial charge in [0.1, 0.15) is 6.04 Å². The van der Waals surface area contributed by atoms with Crippen LogP contribution >= 0.6 is 0 Å². The molecule has 0 radical (unpaired) electrons. The summed E-state index contributed by atoms with van der Waals surface area (Å²) in [5.74, 6) is -1.42. The smallest absolute Gasteiger partial charge is 0.318 e. The van der Waals surface area contributed by atoms with E-state index in [4.69, 9.17) is 5.11 Å². The molecule has 2 fully saturated rings. The van der Waals surface area contributed by atoms with Crippen molar-refractivity contribution in [1.82, 2.24) is 10.2 Å². The van der Waals surface area contributed by atoms with E-state index in [0.29, 0.717) is 32.5 Å². The molecule has 7 nitrogen and oxygen atoms in total. The molecule has 2 saturated heterocycles. The number of amides is 3. The molecule has 3 unspecified atom stereocenters. The zero-order chi connectivity index (χ0) is 18.0. The zero-order valence-corrected chi connectivity index (χ0v) is 14.2. The van der Waals surface area contributed by atoms with Gasteiger partial charge < -0.3 is 20.2 Å². The fourth-order valence-corrected chi connectivity index (χ4v) is 3.62. The van der Waals surface area contributed by atoms with Crippen molar-refractivity contribution in [3.63, 3.8) is 0 Å². The van der Waals surface area contributed by atoms with E-state index in [2.05, 4.69) is 5.32 Å². The Kier molecular flexibility index (Phi) is 4.92. The molecular weight excluding hydrogens is 322 g/mol. The van der Waals surface area contributed by atoms with Gasteiger partial charge in [-0.05, 0) is 30.9 Å². The largest absolute Gasteiger partial charge is 0.481 e. The van der Waals surface area contributed by atoms with Gasteiger partial charge in [-0.25, -0.2) is 4.79 Å². The molecule has 0 saturated carbocycles. The molecule has 134 valence electrons. The van der Waals surface area contributed by atoms with Crippen LogP contribution in [0.4, 0.5) is 10.5 Å². The fraction of sp³-hybridized carbons (Fsp3) is 0.500. The predicted molar refractivity (Wildman–Crippen MR) is 92.2 cm³/mol. The van der Waals surface area contributed by atoms with Crippen molar-refractivity contribution in [3.8, 4) is 0 Å². The molecule has 0 aromatic heterocycles. The number of aliphatic carboxylic acids is 1. The van der Waals surface area contributed by atoms with Crippen LogP contribution in [0.3, 0.4) is 0 Å². The average molecular weight is 345 g/mol. The van der Waals surface area contributed by atoms with E-state index in [1.807, 2.05) is 37.3 Å². The van der Waals surface area contributed by atoms with Crippen LogP contribution in [-0.2, 0) is 9.59 Å². The topological polar surface area (TPSA) is 90.0 Å². The summed E-state index contributed by atoms with van der Waals surface area (Å²) in [6, 6.07) is 8.58. The van der Waals surface area contributed by atoms with Crippen LogP contribution in [-0.4, -0.2) is 53.6 Å². The summed E-state index contributed by atoms with van der Waals surface area (Å²) in [4.78, 5) is 39.5. The fourth-order valence-electron chi connectivity index (χ4n) is 3.62. The van der Waals surface area contributed by atoms with Crippen molar-refractivity contribution < 1.29 is 19.5 Å². The van der Waals surface area contributed by atoms with Gasteiger partial charge in [-0.15, -0.1) is 0 Å². The Morgan fingerprint density at radius 2 is 1.88 bits per heavy atom. The molecule has 2 aliphatic heterocycles. The highest BCUT2D eigenvalue weighted by atomic mass is 16.4. The van der Waals surface area contributed by atoms with Crippen molar-refractivity contribution >= 4 is 23.6 Å². The molecule has 7 heteroatoms. The summed E-state index contributed by atoms with van der Waals surface area (Å²) in [7, 11) is 0. The highest BCUT2D eigenvalue weighted by molar-refractivity contribution is 6.01. The van der Waals surface area contributed by atoms with Crippen molar-refractivity contribution in [2.24, 2.45) is 11.8 Å². The van der Waals surface area contributed by atoms with Crippen LogP contribution in [0, 0.1) is 11.8 Å². The number of anilines is 1. The molecule has 2 N–H and O–H groups in total. The number of hydrogen-bond donors (Lipinski definition) is 2. The van der Waals surface area contributed by atoms with E-state index < -0.39 is 17.9 Å². The summed E-state index contributed by atoms with van der Waals surface area (Å²) in [6.07, 6.45) is 1.01. The number of nitrogens with one attached hydrogen (secondary N) is 1. The highest BCUT2D eigenvalue weighted by Crippen LogP contribution is 2.24. The monoisotopic (exact) mass is 345 g/mol. The van der Waals surface area contributed by atoms with E-state index in [9.17, 15) is 14.4 Å². The minimum absolute atomic E-state index is 0.0999. The maximum absolute atomic E-state index is 12.5. The lowest BCUT2D eigenvalue weighted by atomic mass is 9.87. The third kappa shape index (κ3) is 3.60. The minimum atomic E-state index is -0.808. The number of nitrogens with zero attached hydrogens (tertiary/aromatic N) is 2. The van der Waals surface area contributed by atoms with Gasteiger partial charge in [0.2, 0.25) is 5.91 Å². The summed E-state index contributed by atoms with van der Waals surface area (Å²) in [5.41, 5.74) is 0.833. The first kappa shape index (κ1) is 17.3. The summed E-state index contributed by atoms with van der Waals surface area (Å²) in [5, 5.41) is 12.0. The van der Waals surface area contributed by atoms with E-state index in [0.717, 1.165) is 5.69 Å². The summed E-state index contributed by atoms with van der Waals surface area (Å²) >= 11 is 0. The number of likely N-dealkylation sites (tertiary alicyclic amines) is 1. The van der Waals surface area contributed by atoms with Gasteiger partial charge in [-0.2, -0.15) is 0 Å². The molecule has 25 heavy (non-hydrogen) atoms. The van der Waals surface area contributed by atoms with Gasteiger partial charge >= 0.3 is 12.0 Å². The Labute approximate surface area is 146 Å². The molecule has 0 aliphatic carbocycles. The van der Waals surface area contributed by atoms with Crippen LogP contribution in [0.1, 0.15) is 19.8 Å². The molecule has 3 atom stereocenters. The molecule has 1 aromatic carbocycles. The number of carboxylic acids is 1. The van der Waals surface area contributed by atoms with E-state index >= 15 is 0 Å². The van der Waals surface area contributed by atoms with Crippen LogP contribution < -0.4 is 10.2 Å². The number of hydrogen-bond acceptors (Lipinski definition) is 3. The van der Waals surface area contributed by atoms with Crippen molar-refractivity contribution in [2.75, 3.05) is 24.5 Å². The Bertz CT molecular complexity index is 664. The third-order valence-electron chi connectivity index (χ3n) is 5.08. The highest BCUT2D eigenvalue weighted by Gasteiger charge is 2.37. The maximum atomic E-state index is 12.5. The van der Waals surface area contributed by atoms with Crippen LogP contribution in [0.5, 0.6) is 0 Å². The quantitative estimate of drug-likeness (QED) is 0.870. The predicted octanol–water partition coefficient (Wildman–Crippen LogP) is 1.54. The molecule has 2 heterocycles. The first-order valence-corrected chi connectivity index (χ1v) is 8.62. The lowest BCUT2D eigenvalue weighted by Gasteiger charge is -2.35. The number of carboxylic acid groups (broad SMARTS) is 1. The maximum Gasteiger partial charge on any atom is 0.318 e. The lowest BCUT2D eigenvalue weighted by molar-refractivity contribution is -0.145. The molecule has 3 rings (SSSR count). The van der Waals surface area contributed by atoms with Gasteiger partial charge in [0.15, 0.2) is 0 Å². The van der Waals surface area contributed by atoms with Gasteiger partial charge in [0.05, 0.1) is 5.92 Å². The summed E-state index contributed by atoms with van der Waals surface area (Å²) < 4.78 is 0. The number of para-hydroxylation sites is 1. The molecule has 0 spiro atoms. The molecule has 1 aromatic rings. The van der Waals surface area contributed by atoms with Crippen LogP contribution in [0.15, 0.2) is 30.3 Å². The number of benzene rings is 1. The number of carbonyl (C=O) groups is 3. The number of urea groups is 1. The minimum Gasteiger partial charge on any atom is -0.481 e. The molecule has 3 amide bonds. The lowest BCUT2D eigenvalue weighted by Crippen LogP contribution is -2.52. The second-order valence-corrected chi connectivity index (χ2v) is 6.77. The Morgan fingerprint density at radius 3 is 2.52 bits per heavy atom. The van der Waals surface area contributed by atoms with Crippen molar-refractivity contribution in [2.45, 2.75) is 25.8 Å². The Balaban J connectivity index is 1.57. The van der Waals surface area contributed by atoms with E-state index in [1.54, 1.807) is 9.80 Å². The summed E-state index contributed by atoms with van der Waals surface area (Å²) in [6.45, 7) is 3.21. The Morgan fingerprint density at radius 1 is 1.16 bits per heavy atom. The number of piperidine rings is 1. The molecular formula is C18H23N3O4. The van der Waals surface area contributed by atoms with Gasteiger partial charge in [-0.1, -0.05) is 25.1 Å². The first-order chi connectivity index (χ1) is 12.0. The SMILES string of the molecule is CC1CN(C(=O)NC2CCN(c3ccccc3)C2=O)CCC1C(=O)O. The second-order valence-electron chi connectivity index (χ2n) is 6.77. The normalized spacial score (nSPS) is 26.6. The molecule has 2 aliphatic rings.